The first-order valence-corrected chi connectivity index (χ1v) is 7.50. The highest BCUT2D eigenvalue weighted by atomic mass is 127. The highest BCUT2D eigenvalue weighted by Gasteiger charge is 2.13. The number of hydrogen-bond donors (Lipinski definition) is 2. The van der Waals surface area contributed by atoms with Crippen LogP contribution < -0.4 is 5.32 Å². The summed E-state index contributed by atoms with van der Waals surface area (Å²) in [5.41, 5.74) is 0.742. The Bertz CT molecular complexity index is 734. The molecule has 0 unspecified atom stereocenters. The number of amides is 1. The third-order valence-corrected chi connectivity index (χ3v) is 3.75. The Kier molecular flexibility index (Phi) is 5.08. The Morgan fingerprint density at radius 1 is 1.10 bits per heavy atom. The average molecular weight is 436 g/mol. The van der Waals surface area contributed by atoms with Crippen LogP contribution in [-0.4, -0.2) is 17.0 Å². The Morgan fingerprint density at radius 2 is 1.81 bits per heavy atom. The SMILES string of the molecule is O=C(O)c1cc(I)cc(NC(=O)c2ccc(Cl)cc2Cl)c1. The predicted octanol–water partition coefficient (Wildman–Crippen LogP) is 4.55. The summed E-state index contributed by atoms with van der Waals surface area (Å²) in [5.74, 6) is -1.50. The van der Waals surface area contributed by atoms with Crippen molar-refractivity contribution in [1.82, 2.24) is 0 Å². The predicted molar refractivity (Wildman–Crippen MR) is 90.5 cm³/mol. The number of hydrogen-bond acceptors (Lipinski definition) is 2. The number of halogens is 3. The number of aromatic carboxylic acids is 1. The summed E-state index contributed by atoms with van der Waals surface area (Å²) in [4.78, 5) is 23.2. The molecule has 0 atom stereocenters. The number of benzene rings is 2. The van der Waals surface area contributed by atoms with Crippen LogP contribution in [0.25, 0.3) is 0 Å². The zero-order valence-corrected chi connectivity index (χ0v) is 14.0. The summed E-state index contributed by atoms with van der Waals surface area (Å²) in [6.45, 7) is 0. The number of carbonyl (C=O) groups is 2. The molecule has 0 aliphatic rings. The van der Waals surface area contributed by atoms with E-state index in [9.17, 15) is 9.59 Å². The van der Waals surface area contributed by atoms with Crippen molar-refractivity contribution in [2.75, 3.05) is 5.32 Å². The van der Waals surface area contributed by atoms with Crippen LogP contribution in [0.3, 0.4) is 0 Å². The van der Waals surface area contributed by atoms with Gasteiger partial charge in [0.2, 0.25) is 0 Å². The molecule has 7 heteroatoms. The number of carboxylic acid groups (broad SMARTS) is 1. The van der Waals surface area contributed by atoms with Gasteiger partial charge >= 0.3 is 5.97 Å². The molecule has 0 aromatic heterocycles. The molecule has 0 fully saturated rings. The number of carbonyl (C=O) groups excluding carboxylic acids is 1. The Labute approximate surface area is 144 Å². The van der Waals surface area contributed by atoms with E-state index >= 15 is 0 Å². The summed E-state index contributed by atoms with van der Waals surface area (Å²) in [7, 11) is 0. The monoisotopic (exact) mass is 435 g/mol. The van der Waals surface area contributed by atoms with Gasteiger partial charge in [0.25, 0.3) is 5.91 Å². The molecule has 0 radical (unpaired) electrons. The fourth-order valence-corrected chi connectivity index (χ4v) is 2.82. The lowest BCUT2D eigenvalue weighted by atomic mass is 10.1. The van der Waals surface area contributed by atoms with Crippen molar-refractivity contribution in [3.8, 4) is 0 Å². The minimum Gasteiger partial charge on any atom is -0.478 e. The first-order chi connectivity index (χ1) is 9.86. The molecule has 0 aliphatic heterocycles. The molecule has 2 N–H and O–H groups in total. The lowest BCUT2D eigenvalue weighted by Gasteiger charge is -2.08. The van der Waals surface area contributed by atoms with Gasteiger partial charge in [-0.15, -0.1) is 0 Å². The molecule has 0 saturated heterocycles. The number of carboxylic acids is 1. The van der Waals surface area contributed by atoms with Crippen molar-refractivity contribution in [3.63, 3.8) is 0 Å². The number of rotatable bonds is 3. The van der Waals surface area contributed by atoms with Gasteiger partial charge in [-0.3, -0.25) is 4.79 Å². The van der Waals surface area contributed by atoms with E-state index in [1.807, 2.05) is 22.6 Å². The molecule has 108 valence electrons. The second-order valence-electron chi connectivity index (χ2n) is 4.11. The lowest BCUT2D eigenvalue weighted by Crippen LogP contribution is -2.13. The summed E-state index contributed by atoms with van der Waals surface area (Å²) in [6.07, 6.45) is 0. The first kappa shape index (κ1) is 16.1. The van der Waals surface area contributed by atoms with Crippen LogP contribution in [0.2, 0.25) is 10.0 Å². The Balaban J connectivity index is 2.29. The van der Waals surface area contributed by atoms with Crippen LogP contribution in [0, 0.1) is 3.57 Å². The molecule has 2 aromatic carbocycles. The van der Waals surface area contributed by atoms with E-state index in [0.717, 1.165) is 0 Å². The van der Waals surface area contributed by atoms with Gasteiger partial charge in [-0.1, -0.05) is 23.2 Å². The van der Waals surface area contributed by atoms with Gasteiger partial charge in [0.15, 0.2) is 0 Å². The molecular weight excluding hydrogens is 428 g/mol. The standard InChI is InChI=1S/C14H8Cl2INO3/c15-8-1-2-11(12(16)5-8)13(19)18-10-4-7(14(20)21)3-9(17)6-10/h1-6H,(H,18,19)(H,20,21). The number of nitrogens with one attached hydrogen (secondary N) is 1. The minimum atomic E-state index is -1.06. The highest BCUT2D eigenvalue weighted by molar-refractivity contribution is 14.1. The fraction of sp³-hybridized carbons (Fsp3) is 0. The quantitative estimate of drug-likeness (QED) is 0.695. The third kappa shape index (κ3) is 4.09. The molecule has 0 heterocycles. The third-order valence-electron chi connectivity index (χ3n) is 2.58. The van der Waals surface area contributed by atoms with E-state index in [4.69, 9.17) is 28.3 Å². The van der Waals surface area contributed by atoms with Crippen molar-refractivity contribution in [1.29, 1.82) is 0 Å². The van der Waals surface area contributed by atoms with Crippen molar-refractivity contribution in [3.05, 3.63) is 61.1 Å². The van der Waals surface area contributed by atoms with Gasteiger partial charge < -0.3 is 10.4 Å². The lowest BCUT2D eigenvalue weighted by molar-refractivity contribution is 0.0696. The second kappa shape index (κ2) is 6.64. The normalized spacial score (nSPS) is 10.2. The van der Waals surface area contributed by atoms with Crippen LogP contribution in [0.5, 0.6) is 0 Å². The van der Waals surface area contributed by atoms with Gasteiger partial charge in [-0.05, 0) is 59.0 Å². The van der Waals surface area contributed by atoms with E-state index < -0.39 is 11.9 Å². The largest absolute Gasteiger partial charge is 0.478 e. The maximum Gasteiger partial charge on any atom is 0.335 e. The molecule has 0 spiro atoms. The van der Waals surface area contributed by atoms with Crippen molar-refractivity contribution >= 4 is 63.4 Å². The van der Waals surface area contributed by atoms with Gasteiger partial charge in [0, 0.05) is 14.3 Å². The summed E-state index contributed by atoms with van der Waals surface area (Å²) >= 11 is 13.7. The van der Waals surface area contributed by atoms with Gasteiger partial charge in [0.1, 0.15) is 0 Å². The van der Waals surface area contributed by atoms with Crippen LogP contribution in [0.4, 0.5) is 5.69 Å². The molecule has 0 aliphatic carbocycles. The molecule has 2 rings (SSSR count). The van der Waals surface area contributed by atoms with Crippen molar-refractivity contribution in [2.45, 2.75) is 0 Å². The molecule has 4 nitrogen and oxygen atoms in total. The maximum atomic E-state index is 12.2. The van der Waals surface area contributed by atoms with Crippen LogP contribution in [0.1, 0.15) is 20.7 Å². The topological polar surface area (TPSA) is 66.4 Å². The highest BCUT2D eigenvalue weighted by Crippen LogP contribution is 2.23. The first-order valence-electron chi connectivity index (χ1n) is 5.67. The molecule has 0 bridgehead atoms. The van der Waals surface area contributed by atoms with Crippen LogP contribution in [-0.2, 0) is 0 Å². The molecule has 1 amide bonds. The summed E-state index contributed by atoms with van der Waals surface area (Å²) < 4.78 is 0.699. The summed E-state index contributed by atoms with van der Waals surface area (Å²) in [5, 5.41) is 12.3. The van der Waals surface area contributed by atoms with Crippen LogP contribution in [0.15, 0.2) is 36.4 Å². The second-order valence-corrected chi connectivity index (χ2v) is 6.20. The van der Waals surface area contributed by atoms with Gasteiger partial charge in [-0.25, -0.2) is 4.79 Å². The van der Waals surface area contributed by atoms with E-state index in [-0.39, 0.29) is 16.1 Å². The molecular formula is C14H8Cl2INO3. The molecule has 21 heavy (non-hydrogen) atoms. The zero-order valence-electron chi connectivity index (χ0n) is 10.4. The van der Waals surface area contributed by atoms with Crippen molar-refractivity contribution < 1.29 is 14.7 Å². The smallest absolute Gasteiger partial charge is 0.335 e. The molecule has 2 aromatic rings. The minimum absolute atomic E-state index is 0.0967. The number of anilines is 1. The van der Waals surface area contributed by atoms with E-state index in [1.54, 1.807) is 12.1 Å². The van der Waals surface area contributed by atoms with E-state index in [1.165, 1.54) is 24.3 Å². The van der Waals surface area contributed by atoms with Gasteiger partial charge in [0.05, 0.1) is 16.1 Å². The van der Waals surface area contributed by atoms with Crippen molar-refractivity contribution in [2.24, 2.45) is 0 Å². The van der Waals surface area contributed by atoms with Crippen LogP contribution >= 0.6 is 45.8 Å². The maximum absolute atomic E-state index is 12.2. The van der Waals surface area contributed by atoms with E-state index in [2.05, 4.69) is 5.32 Å². The summed E-state index contributed by atoms with van der Waals surface area (Å²) in [6, 6.07) is 9.08. The Hall–Kier alpha value is -1.31. The zero-order chi connectivity index (χ0) is 15.6. The molecule has 0 saturated carbocycles. The van der Waals surface area contributed by atoms with Gasteiger partial charge in [-0.2, -0.15) is 0 Å². The Morgan fingerprint density at radius 3 is 2.43 bits per heavy atom. The fourth-order valence-electron chi connectivity index (χ4n) is 1.66. The van der Waals surface area contributed by atoms with E-state index in [0.29, 0.717) is 14.3 Å². The average Bonchev–Trinajstić information content (AvgIpc) is 2.37.